The van der Waals surface area contributed by atoms with E-state index in [0.717, 1.165) is 0 Å². The number of nitrogen functional groups attached to an aromatic ring is 1. The van der Waals surface area contributed by atoms with Gasteiger partial charge in [0, 0.05) is 5.56 Å². The van der Waals surface area contributed by atoms with Gasteiger partial charge in [-0.15, -0.1) is 0 Å². The number of benzene rings is 1. The van der Waals surface area contributed by atoms with Crippen LogP contribution in [0.25, 0.3) is 0 Å². The lowest BCUT2D eigenvalue weighted by atomic mass is 10.1. The largest absolute Gasteiger partial charge is 0.506 e. The van der Waals surface area contributed by atoms with Crippen molar-refractivity contribution in [1.82, 2.24) is 0 Å². The average molecular weight is 151 g/mol. The molecule has 0 saturated heterocycles. The first-order chi connectivity index (χ1) is 5.16. The third kappa shape index (κ3) is 1.17. The number of rotatable bonds is 1. The summed E-state index contributed by atoms with van der Waals surface area (Å²) in [6.07, 6.45) is 0.713. The van der Waals surface area contributed by atoms with Crippen molar-refractivity contribution in [3.63, 3.8) is 0 Å². The predicted molar refractivity (Wildman–Crippen MR) is 42.6 cm³/mol. The standard InChI is InChI=1S/C8H9NO2/c1-5-6(4-10)2-3-7(11)8(5)9/h2-4,11H,9H2,1H3. The van der Waals surface area contributed by atoms with Gasteiger partial charge in [0.05, 0.1) is 5.69 Å². The molecule has 3 heteroatoms. The van der Waals surface area contributed by atoms with E-state index < -0.39 is 0 Å². The maximum atomic E-state index is 10.4. The average Bonchev–Trinajstić information content (AvgIpc) is 2.01. The monoisotopic (exact) mass is 151 g/mol. The van der Waals surface area contributed by atoms with Gasteiger partial charge in [-0.05, 0) is 24.6 Å². The van der Waals surface area contributed by atoms with Gasteiger partial charge in [0.15, 0.2) is 0 Å². The Morgan fingerprint density at radius 3 is 2.73 bits per heavy atom. The zero-order chi connectivity index (χ0) is 8.43. The molecule has 0 amide bonds. The minimum Gasteiger partial charge on any atom is -0.506 e. The SMILES string of the molecule is Cc1c(C=O)ccc(O)c1N. The minimum atomic E-state index is 0.0214. The van der Waals surface area contributed by atoms with Gasteiger partial charge in [-0.3, -0.25) is 4.79 Å². The van der Waals surface area contributed by atoms with Gasteiger partial charge < -0.3 is 10.8 Å². The normalized spacial score (nSPS) is 9.55. The van der Waals surface area contributed by atoms with Crippen LogP contribution in [0.4, 0.5) is 5.69 Å². The molecule has 58 valence electrons. The first-order valence-electron chi connectivity index (χ1n) is 3.20. The number of hydrogen-bond donors (Lipinski definition) is 2. The molecule has 0 aliphatic carbocycles. The summed E-state index contributed by atoms with van der Waals surface area (Å²) in [5.74, 6) is 0.0214. The van der Waals surface area contributed by atoms with Crippen LogP contribution in [-0.4, -0.2) is 11.4 Å². The Bertz CT molecular complexity index is 294. The van der Waals surface area contributed by atoms with Crippen molar-refractivity contribution in [1.29, 1.82) is 0 Å². The summed E-state index contributed by atoms with van der Waals surface area (Å²) in [7, 11) is 0. The van der Waals surface area contributed by atoms with Crippen LogP contribution < -0.4 is 5.73 Å². The Labute approximate surface area is 64.5 Å². The summed E-state index contributed by atoms with van der Waals surface area (Å²) >= 11 is 0. The third-order valence-corrected chi connectivity index (χ3v) is 1.66. The van der Waals surface area contributed by atoms with Gasteiger partial charge in [0.1, 0.15) is 12.0 Å². The summed E-state index contributed by atoms with van der Waals surface area (Å²) in [6.45, 7) is 1.69. The van der Waals surface area contributed by atoms with Crippen LogP contribution in [0.1, 0.15) is 15.9 Å². The molecule has 0 fully saturated rings. The lowest BCUT2D eigenvalue weighted by Gasteiger charge is -2.03. The summed E-state index contributed by atoms with van der Waals surface area (Å²) < 4.78 is 0. The van der Waals surface area contributed by atoms with Gasteiger partial charge in [0.25, 0.3) is 0 Å². The first-order valence-corrected chi connectivity index (χ1v) is 3.20. The number of phenolic OH excluding ortho intramolecular Hbond substituents is 1. The Balaban J connectivity index is 3.36. The van der Waals surface area contributed by atoms with Crippen molar-refractivity contribution in [2.75, 3.05) is 5.73 Å². The molecular weight excluding hydrogens is 142 g/mol. The number of aromatic hydroxyl groups is 1. The molecule has 1 aromatic carbocycles. The summed E-state index contributed by atoms with van der Waals surface area (Å²) in [4.78, 5) is 10.4. The van der Waals surface area contributed by atoms with Crippen molar-refractivity contribution >= 4 is 12.0 Å². The maximum Gasteiger partial charge on any atom is 0.150 e. The summed E-state index contributed by atoms with van der Waals surface area (Å²) in [5.41, 5.74) is 6.86. The van der Waals surface area contributed by atoms with Crippen LogP contribution in [0.2, 0.25) is 0 Å². The lowest BCUT2D eigenvalue weighted by molar-refractivity contribution is 0.112. The van der Waals surface area contributed by atoms with Crippen LogP contribution in [0.15, 0.2) is 12.1 Å². The fourth-order valence-corrected chi connectivity index (χ4v) is 0.859. The highest BCUT2D eigenvalue weighted by molar-refractivity contribution is 5.81. The van der Waals surface area contributed by atoms with Crippen LogP contribution >= 0.6 is 0 Å². The molecule has 0 aromatic heterocycles. The van der Waals surface area contributed by atoms with Crippen molar-refractivity contribution in [3.8, 4) is 5.75 Å². The minimum absolute atomic E-state index is 0.0214. The third-order valence-electron chi connectivity index (χ3n) is 1.66. The van der Waals surface area contributed by atoms with E-state index in [1.54, 1.807) is 6.92 Å². The second kappa shape index (κ2) is 2.62. The van der Waals surface area contributed by atoms with Crippen LogP contribution in [0.3, 0.4) is 0 Å². The number of aldehydes is 1. The predicted octanol–water partition coefficient (Wildman–Crippen LogP) is 1.10. The number of anilines is 1. The van der Waals surface area contributed by atoms with Crippen molar-refractivity contribution in [2.24, 2.45) is 0 Å². The van der Waals surface area contributed by atoms with E-state index in [4.69, 9.17) is 10.8 Å². The van der Waals surface area contributed by atoms with Crippen LogP contribution in [-0.2, 0) is 0 Å². The van der Waals surface area contributed by atoms with Crippen LogP contribution in [0.5, 0.6) is 5.75 Å². The Kier molecular flexibility index (Phi) is 1.81. The second-order valence-electron chi connectivity index (χ2n) is 2.33. The molecule has 0 saturated carbocycles. The van der Waals surface area contributed by atoms with E-state index in [1.807, 2.05) is 0 Å². The molecule has 0 bridgehead atoms. The van der Waals surface area contributed by atoms with Gasteiger partial charge in [-0.25, -0.2) is 0 Å². The highest BCUT2D eigenvalue weighted by Gasteiger charge is 2.03. The molecule has 0 unspecified atom stereocenters. The highest BCUT2D eigenvalue weighted by Crippen LogP contribution is 2.24. The molecule has 0 heterocycles. The first kappa shape index (κ1) is 7.60. The summed E-state index contributed by atoms with van der Waals surface area (Å²) in [6, 6.07) is 2.94. The molecule has 3 N–H and O–H groups in total. The number of nitrogens with two attached hydrogens (primary N) is 1. The second-order valence-corrected chi connectivity index (χ2v) is 2.33. The number of carbonyl (C=O) groups excluding carboxylic acids is 1. The van der Waals surface area contributed by atoms with Gasteiger partial charge in [-0.1, -0.05) is 0 Å². The van der Waals surface area contributed by atoms with E-state index in [2.05, 4.69) is 0 Å². The molecular formula is C8H9NO2. The molecule has 11 heavy (non-hydrogen) atoms. The molecule has 3 nitrogen and oxygen atoms in total. The highest BCUT2D eigenvalue weighted by atomic mass is 16.3. The van der Waals surface area contributed by atoms with Gasteiger partial charge >= 0.3 is 0 Å². The van der Waals surface area contributed by atoms with E-state index in [1.165, 1.54) is 12.1 Å². The molecule has 0 spiro atoms. The number of carbonyl (C=O) groups is 1. The van der Waals surface area contributed by atoms with E-state index in [-0.39, 0.29) is 11.4 Å². The van der Waals surface area contributed by atoms with E-state index in [0.29, 0.717) is 17.4 Å². The topological polar surface area (TPSA) is 63.3 Å². The molecule has 1 aromatic rings. The number of hydrogen-bond acceptors (Lipinski definition) is 3. The molecule has 1 rings (SSSR count). The van der Waals surface area contributed by atoms with Crippen molar-refractivity contribution in [3.05, 3.63) is 23.3 Å². The Morgan fingerprint density at radius 2 is 2.18 bits per heavy atom. The zero-order valence-electron chi connectivity index (χ0n) is 6.16. The van der Waals surface area contributed by atoms with Crippen molar-refractivity contribution < 1.29 is 9.90 Å². The van der Waals surface area contributed by atoms with Gasteiger partial charge in [0.2, 0.25) is 0 Å². The van der Waals surface area contributed by atoms with E-state index >= 15 is 0 Å². The summed E-state index contributed by atoms with van der Waals surface area (Å²) in [5, 5.41) is 9.08. The zero-order valence-corrected chi connectivity index (χ0v) is 6.16. The van der Waals surface area contributed by atoms with Crippen LogP contribution in [0, 0.1) is 6.92 Å². The smallest absolute Gasteiger partial charge is 0.150 e. The number of phenols is 1. The molecule has 0 atom stereocenters. The fraction of sp³-hybridized carbons (Fsp3) is 0.125. The lowest BCUT2D eigenvalue weighted by Crippen LogP contribution is -1.94. The Hall–Kier alpha value is -1.51. The Morgan fingerprint density at radius 1 is 1.55 bits per heavy atom. The maximum absolute atomic E-state index is 10.4. The molecule has 0 aliphatic heterocycles. The van der Waals surface area contributed by atoms with Crippen molar-refractivity contribution in [2.45, 2.75) is 6.92 Å². The molecule has 0 radical (unpaired) electrons. The van der Waals surface area contributed by atoms with Gasteiger partial charge in [-0.2, -0.15) is 0 Å². The quantitative estimate of drug-likeness (QED) is 0.359. The van der Waals surface area contributed by atoms with E-state index in [9.17, 15) is 4.79 Å². The molecule has 0 aliphatic rings. The fourth-order valence-electron chi connectivity index (χ4n) is 0.859.